The molecule has 296 valence electrons. The second kappa shape index (κ2) is 18.0. The summed E-state index contributed by atoms with van der Waals surface area (Å²) in [5, 5.41) is 9.22. The first-order chi connectivity index (χ1) is 27.9. The zero-order valence-corrected chi connectivity index (χ0v) is 33.1. The first kappa shape index (κ1) is 40.2. The molecule has 0 unspecified atom stereocenters. The van der Waals surface area contributed by atoms with E-state index in [4.69, 9.17) is 15.2 Å². The van der Waals surface area contributed by atoms with Crippen LogP contribution in [0, 0.1) is 13.8 Å². The molecule has 58 heavy (non-hydrogen) atoms. The highest BCUT2D eigenvalue weighted by Crippen LogP contribution is 2.27. The molecular weight excluding hydrogens is 757 g/mol. The molecule has 0 aliphatic rings. The Bertz CT molecular complexity index is 2690. The van der Waals surface area contributed by atoms with Gasteiger partial charge in [0.15, 0.2) is 9.84 Å². The highest BCUT2D eigenvalue weighted by Gasteiger charge is 2.13. The summed E-state index contributed by atoms with van der Waals surface area (Å²) in [5.74, 6) is 1.83. The Morgan fingerprint density at radius 3 is 1.71 bits per heavy atom. The van der Waals surface area contributed by atoms with Gasteiger partial charge in [0.1, 0.15) is 11.5 Å². The van der Waals surface area contributed by atoms with E-state index in [1.165, 1.54) is 24.3 Å². The number of aromatic nitrogens is 6. The Labute approximate surface area is 337 Å². The molecule has 15 nitrogen and oxygen atoms in total. The van der Waals surface area contributed by atoms with E-state index < -0.39 is 9.84 Å². The third kappa shape index (κ3) is 10.4. The van der Waals surface area contributed by atoms with Gasteiger partial charge in [-0.2, -0.15) is 0 Å². The number of nitrogens with zero attached hydrogens (tertiary/aromatic N) is 6. The van der Waals surface area contributed by atoms with Crippen molar-refractivity contribution in [2.75, 3.05) is 42.2 Å². The van der Waals surface area contributed by atoms with Crippen molar-refractivity contribution < 1.29 is 24.1 Å². The van der Waals surface area contributed by atoms with Crippen molar-refractivity contribution in [1.82, 2.24) is 29.9 Å². The Morgan fingerprint density at radius 2 is 1.19 bits per heavy atom. The predicted molar refractivity (Wildman–Crippen MR) is 227 cm³/mol. The molecule has 0 aliphatic heterocycles. The fraction of sp³-hybridized carbons (Fsp3) is 0.119. The summed E-state index contributed by atoms with van der Waals surface area (Å²) in [6.45, 7) is 3.92. The fourth-order valence-electron chi connectivity index (χ4n) is 5.41. The SMILES string of the molecule is COc1cncc(-c2ccnc(Nc3cc(N)ccc3C)n2)c1.COc1cncc(-c2ccnc(Nc3cc(NC(=O)c4ccc(S(C)(=O)=O)cc4)ccc3C)n2)c1.[2HH]. The van der Waals surface area contributed by atoms with Gasteiger partial charge in [0.2, 0.25) is 11.9 Å². The Balaban J connectivity index is 0.000000239. The number of rotatable bonds is 11. The van der Waals surface area contributed by atoms with E-state index in [2.05, 4.69) is 45.9 Å². The lowest BCUT2D eigenvalue weighted by atomic mass is 10.1. The van der Waals surface area contributed by atoms with E-state index in [1.807, 2.05) is 56.3 Å². The average Bonchev–Trinajstić information content (AvgIpc) is 3.23. The molecule has 5 N–H and O–H groups in total. The van der Waals surface area contributed by atoms with E-state index in [-0.39, 0.29) is 12.2 Å². The van der Waals surface area contributed by atoms with Crippen LogP contribution in [0.2, 0.25) is 0 Å². The number of anilines is 6. The number of carbonyl (C=O) groups is 1. The maximum atomic E-state index is 12.7. The first-order valence-electron chi connectivity index (χ1n) is 17.7. The molecule has 7 aromatic rings. The van der Waals surface area contributed by atoms with Crippen LogP contribution in [0.15, 0.2) is 127 Å². The first-order valence-corrected chi connectivity index (χ1v) is 19.5. The summed E-state index contributed by atoms with van der Waals surface area (Å²) in [4.78, 5) is 38.8. The van der Waals surface area contributed by atoms with E-state index in [9.17, 15) is 13.2 Å². The lowest BCUT2D eigenvalue weighted by Gasteiger charge is -2.12. The third-order valence-corrected chi connectivity index (χ3v) is 9.72. The predicted octanol–water partition coefficient (Wildman–Crippen LogP) is 7.68. The largest absolute Gasteiger partial charge is 0.495 e. The van der Waals surface area contributed by atoms with E-state index >= 15 is 0 Å². The zero-order chi connectivity index (χ0) is 41.2. The van der Waals surface area contributed by atoms with Gasteiger partial charge in [-0.15, -0.1) is 0 Å². The number of nitrogens with one attached hydrogen (secondary N) is 3. The van der Waals surface area contributed by atoms with Crippen LogP contribution in [0.3, 0.4) is 0 Å². The summed E-state index contributed by atoms with van der Waals surface area (Å²) in [7, 11) is -0.147. The molecule has 4 aromatic heterocycles. The van der Waals surface area contributed by atoms with Crippen LogP contribution in [0.5, 0.6) is 11.5 Å². The summed E-state index contributed by atoms with van der Waals surface area (Å²) in [6, 6.07) is 24.2. The second-order valence-corrected chi connectivity index (χ2v) is 14.9. The van der Waals surface area contributed by atoms with Crippen LogP contribution in [-0.2, 0) is 9.84 Å². The number of hydrogen-bond acceptors (Lipinski definition) is 14. The number of ether oxygens (including phenoxy) is 2. The molecule has 7 rings (SSSR count). The number of nitrogens with two attached hydrogens (primary N) is 1. The minimum absolute atomic E-state index is 0. The number of pyridine rings is 2. The monoisotopic (exact) mass is 799 g/mol. The third-order valence-electron chi connectivity index (χ3n) is 8.60. The summed E-state index contributed by atoms with van der Waals surface area (Å²) < 4.78 is 33.7. The molecule has 0 saturated carbocycles. The Morgan fingerprint density at radius 1 is 0.672 bits per heavy atom. The number of hydrogen-bond donors (Lipinski definition) is 4. The Kier molecular flexibility index (Phi) is 12.5. The van der Waals surface area contributed by atoms with Gasteiger partial charge in [0.25, 0.3) is 5.91 Å². The van der Waals surface area contributed by atoms with Crippen LogP contribution in [0.1, 0.15) is 22.9 Å². The maximum absolute atomic E-state index is 12.7. The normalized spacial score (nSPS) is 10.8. The summed E-state index contributed by atoms with van der Waals surface area (Å²) in [6.07, 6.45) is 11.2. The van der Waals surface area contributed by atoms with Crippen LogP contribution < -0.4 is 31.2 Å². The lowest BCUT2D eigenvalue weighted by molar-refractivity contribution is 0.102. The number of methoxy groups -OCH3 is 2. The van der Waals surface area contributed by atoms with Crippen molar-refractivity contribution >= 4 is 50.4 Å². The molecule has 16 heteroatoms. The molecule has 4 heterocycles. The molecule has 0 atom stereocenters. The van der Waals surface area contributed by atoms with E-state index in [0.717, 1.165) is 45.6 Å². The molecule has 0 saturated heterocycles. The zero-order valence-electron chi connectivity index (χ0n) is 32.3. The number of aryl methyl sites for hydroxylation is 2. The number of benzene rings is 3. The molecule has 3 aromatic carbocycles. The fourth-order valence-corrected chi connectivity index (χ4v) is 6.04. The molecule has 0 bridgehead atoms. The van der Waals surface area contributed by atoms with Gasteiger partial charge in [-0.1, -0.05) is 12.1 Å². The second-order valence-electron chi connectivity index (χ2n) is 12.9. The Hall–Kier alpha value is -7.46. The van der Waals surface area contributed by atoms with Crippen molar-refractivity contribution in [2.24, 2.45) is 0 Å². The standard InChI is InChI=1S/C25H23N5O4S.C17H17N5O.H2/c1-16-4-7-19(28-24(31)17-5-8-21(9-6-17)35(3,32)33)13-23(16)30-25-27-11-10-22(29-25)18-12-20(34-2)15-26-14-18;1-11-3-4-13(18)8-16(11)22-17-20-6-5-15(21-17)12-7-14(23-2)10-19-9-12;/h4-15H,1-3H3,(H,28,31)(H,27,29,30);3-10H,18H2,1-2H3,(H,20,21,22);1H/i;;1+1. The highest BCUT2D eigenvalue weighted by atomic mass is 32.2. The van der Waals surface area contributed by atoms with Crippen LogP contribution in [-0.4, -0.2) is 64.7 Å². The molecule has 0 radical (unpaired) electrons. The van der Waals surface area contributed by atoms with Crippen molar-refractivity contribution in [3.63, 3.8) is 0 Å². The maximum Gasteiger partial charge on any atom is 0.255 e. The average molecular weight is 800 g/mol. The van der Waals surface area contributed by atoms with Crippen molar-refractivity contribution in [3.05, 3.63) is 139 Å². The van der Waals surface area contributed by atoms with Gasteiger partial charge in [0, 0.05) is 71.9 Å². The topological polar surface area (TPSA) is 209 Å². The van der Waals surface area contributed by atoms with Gasteiger partial charge in [0.05, 0.1) is 42.9 Å². The molecule has 1 amide bonds. The number of amides is 1. The molecule has 0 spiro atoms. The lowest BCUT2D eigenvalue weighted by Crippen LogP contribution is -2.12. The molecular formula is C42H42N10O5S. The number of sulfone groups is 1. The van der Waals surface area contributed by atoms with Crippen LogP contribution in [0.25, 0.3) is 22.5 Å². The van der Waals surface area contributed by atoms with Gasteiger partial charge in [-0.25, -0.2) is 28.4 Å². The van der Waals surface area contributed by atoms with Crippen LogP contribution in [0.4, 0.5) is 34.6 Å². The summed E-state index contributed by atoms with van der Waals surface area (Å²) in [5.41, 5.74) is 14.1. The van der Waals surface area contributed by atoms with Crippen molar-refractivity contribution in [2.45, 2.75) is 18.7 Å². The molecule has 0 aliphatic carbocycles. The van der Waals surface area contributed by atoms with Crippen molar-refractivity contribution in [1.29, 1.82) is 0 Å². The number of nitrogen functional groups attached to an aromatic ring is 1. The highest BCUT2D eigenvalue weighted by molar-refractivity contribution is 7.90. The van der Waals surface area contributed by atoms with Gasteiger partial charge in [-0.05, 0) is 97.8 Å². The van der Waals surface area contributed by atoms with E-state index in [0.29, 0.717) is 46.0 Å². The van der Waals surface area contributed by atoms with Crippen molar-refractivity contribution in [3.8, 4) is 34.0 Å². The van der Waals surface area contributed by atoms with E-state index in [1.54, 1.807) is 69.6 Å². The summed E-state index contributed by atoms with van der Waals surface area (Å²) >= 11 is 0. The minimum atomic E-state index is -3.33. The molecule has 0 fully saturated rings. The van der Waals surface area contributed by atoms with Gasteiger partial charge >= 0.3 is 0 Å². The number of carbonyl (C=O) groups excluding carboxylic acids is 1. The smallest absolute Gasteiger partial charge is 0.255 e. The van der Waals surface area contributed by atoms with Crippen LogP contribution >= 0.6 is 0 Å². The minimum Gasteiger partial charge on any atom is -0.495 e. The van der Waals surface area contributed by atoms with Gasteiger partial charge in [-0.3, -0.25) is 14.8 Å². The quantitative estimate of drug-likeness (QED) is 0.0926. The van der Waals surface area contributed by atoms with Gasteiger partial charge < -0.3 is 31.2 Å².